The van der Waals surface area contributed by atoms with Crippen LogP contribution in [0.2, 0.25) is 0 Å². The summed E-state index contributed by atoms with van der Waals surface area (Å²) in [5, 5.41) is 9.07. The van der Waals surface area contributed by atoms with Gasteiger partial charge in [0.1, 0.15) is 5.75 Å². The van der Waals surface area contributed by atoms with E-state index in [9.17, 15) is 14.7 Å². The quantitative estimate of drug-likeness (QED) is 0.483. The van der Waals surface area contributed by atoms with Gasteiger partial charge in [-0.3, -0.25) is 14.5 Å². The molecule has 0 atom stereocenters. The number of benzene rings is 1. The number of hydrogen-bond acceptors (Lipinski definition) is 4. The molecule has 1 heterocycles. The molecule has 0 unspecified atom stereocenters. The predicted octanol–water partition coefficient (Wildman–Crippen LogP) is 2.67. The number of carbonyl (C=O) groups is 2. The zero-order valence-electron chi connectivity index (χ0n) is 9.59. The van der Waals surface area contributed by atoms with Crippen molar-refractivity contribution in [3.63, 3.8) is 0 Å². The van der Waals surface area contributed by atoms with E-state index in [1.165, 1.54) is 0 Å². The highest BCUT2D eigenvalue weighted by atomic mass is 127. The molecule has 0 bridgehead atoms. The Kier molecular flexibility index (Phi) is 4.17. The highest BCUT2D eigenvalue weighted by molar-refractivity contribution is 14.1. The molecule has 0 spiro atoms. The number of carbonyl (C=O) groups excluding carboxylic acids is 2. The predicted molar refractivity (Wildman–Crippen MR) is 82.3 cm³/mol. The second-order valence-corrected chi connectivity index (χ2v) is 5.84. The van der Waals surface area contributed by atoms with Gasteiger partial charge in [-0.2, -0.15) is 0 Å². The fourth-order valence-electron chi connectivity index (χ4n) is 1.49. The van der Waals surface area contributed by atoms with Crippen molar-refractivity contribution in [2.24, 2.45) is 0 Å². The molecule has 1 aromatic rings. The minimum absolute atomic E-state index is 0.0187. The zero-order valence-corrected chi connectivity index (χ0v) is 12.6. The number of terminal acetylenes is 1. The van der Waals surface area contributed by atoms with Gasteiger partial charge in [0.05, 0.1) is 15.0 Å². The highest BCUT2D eigenvalue weighted by Crippen LogP contribution is 2.32. The van der Waals surface area contributed by atoms with Crippen LogP contribution in [0.15, 0.2) is 23.1 Å². The van der Waals surface area contributed by atoms with Crippen LogP contribution in [-0.4, -0.2) is 27.7 Å². The molecule has 0 aromatic heterocycles. The largest absolute Gasteiger partial charge is 0.507 e. The van der Waals surface area contributed by atoms with E-state index in [0.717, 1.165) is 22.2 Å². The molecule has 19 heavy (non-hydrogen) atoms. The summed E-state index contributed by atoms with van der Waals surface area (Å²) in [5.41, 5.74) is 0.744. The van der Waals surface area contributed by atoms with E-state index in [4.69, 9.17) is 6.42 Å². The SMILES string of the molecule is C#CCN1C(=O)S/C(=C/c2ccc(O)c(I)c2)C1=O. The Hall–Kier alpha value is -1.46. The van der Waals surface area contributed by atoms with Gasteiger partial charge >= 0.3 is 0 Å². The van der Waals surface area contributed by atoms with Crippen molar-refractivity contribution in [2.45, 2.75) is 0 Å². The first-order valence-corrected chi connectivity index (χ1v) is 7.10. The minimum Gasteiger partial charge on any atom is -0.507 e. The summed E-state index contributed by atoms with van der Waals surface area (Å²) in [7, 11) is 0. The topological polar surface area (TPSA) is 57.6 Å². The number of aromatic hydroxyl groups is 1. The van der Waals surface area contributed by atoms with Crippen molar-refractivity contribution < 1.29 is 14.7 Å². The molecular weight excluding hydrogens is 377 g/mol. The van der Waals surface area contributed by atoms with Crippen LogP contribution in [0, 0.1) is 15.9 Å². The van der Waals surface area contributed by atoms with Gasteiger partial charge < -0.3 is 5.11 Å². The Morgan fingerprint density at radius 3 is 2.84 bits per heavy atom. The Balaban J connectivity index is 2.30. The van der Waals surface area contributed by atoms with E-state index in [1.54, 1.807) is 24.3 Å². The second kappa shape index (κ2) is 5.67. The molecule has 6 heteroatoms. The van der Waals surface area contributed by atoms with E-state index in [2.05, 4.69) is 5.92 Å². The molecule has 1 aliphatic heterocycles. The number of imide groups is 1. The molecule has 4 nitrogen and oxygen atoms in total. The fraction of sp³-hybridized carbons (Fsp3) is 0.0769. The van der Waals surface area contributed by atoms with Gasteiger partial charge in [0.15, 0.2) is 0 Å². The molecule has 1 saturated heterocycles. The number of halogens is 1. The van der Waals surface area contributed by atoms with E-state index in [1.807, 2.05) is 22.6 Å². The number of phenols is 1. The average molecular weight is 385 g/mol. The first-order valence-electron chi connectivity index (χ1n) is 5.20. The summed E-state index contributed by atoms with van der Waals surface area (Å²) in [6.07, 6.45) is 6.73. The van der Waals surface area contributed by atoms with Crippen LogP contribution in [0.3, 0.4) is 0 Å². The lowest BCUT2D eigenvalue weighted by atomic mass is 10.2. The van der Waals surface area contributed by atoms with Crippen molar-refractivity contribution in [3.8, 4) is 18.1 Å². The summed E-state index contributed by atoms with van der Waals surface area (Å²) < 4.78 is 0.675. The number of thioether (sulfide) groups is 1. The third-order valence-electron chi connectivity index (χ3n) is 2.39. The molecule has 0 aliphatic carbocycles. The summed E-state index contributed by atoms with van der Waals surface area (Å²) in [6, 6.07) is 4.94. The van der Waals surface area contributed by atoms with Crippen molar-refractivity contribution in [1.82, 2.24) is 4.90 Å². The fourth-order valence-corrected chi connectivity index (χ4v) is 2.87. The van der Waals surface area contributed by atoms with Crippen LogP contribution in [0.1, 0.15) is 5.56 Å². The molecule has 0 saturated carbocycles. The normalized spacial score (nSPS) is 17.1. The first kappa shape index (κ1) is 14.0. The third kappa shape index (κ3) is 2.93. The van der Waals surface area contributed by atoms with Gasteiger partial charge in [0.25, 0.3) is 11.1 Å². The molecule has 96 valence electrons. The van der Waals surface area contributed by atoms with E-state index < -0.39 is 0 Å². The van der Waals surface area contributed by atoms with Crippen molar-refractivity contribution in [3.05, 3.63) is 32.2 Å². The maximum absolute atomic E-state index is 11.9. The van der Waals surface area contributed by atoms with Gasteiger partial charge in [-0.15, -0.1) is 6.42 Å². The number of nitrogens with zero attached hydrogens (tertiary/aromatic N) is 1. The second-order valence-electron chi connectivity index (χ2n) is 3.68. The first-order chi connectivity index (χ1) is 9.02. The molecular formula is C13H8INO3S. The highest BCUT2D eigenvalue weighted by Gasteiger charge is 2.34. The van der Waals surface area contributed by atoms with Crippen molar-refractivity contribution in [2.75, 3.05) is 6.54 Å². The van der Waals surface area contributed by atoms with Crippen LogP contribution in [0.4, 0.5) is 4.79 Å². The molecule has 2 rings (SSSR count). The van der Waals surface area contributed by atoms with E-state index in [0.29, 0.717) is 8.48 Å². The van der Waals surface area contributed by atoms with Crippen molar-refractivity contribution in [1.29, 1.82) is 0 Å². The van der Waals surface area contributed by atoms with Crippen LogP contribution in [0.25, 0.3) is 6.08 Å². The summed E-state index contributed by atoms with van der Waals surface area (Å²) >= 11 is 2.85. The molecule has 1 N–H and O–H groups in total. The summed E-state index contributed by atoms with van der Waals surface area (Å²) in [4.78, 5) is 24.9. The molecule has 1 aliphatic rings. The van der Waals surface area contributed by atoms with Crippen molar-refractivity contribution >= 4 is 51.6 Å². The lowest BCUT2D eigenvalue weighted by molar-refractivity contribution is -0.122. The Morgan fingerprint density at radius 1 is 1.47 bits per heavy atom. The standard InChI is InChI=1S/C13H8INO3S/c1-2-5-15-12(17)11(19-13(15)18)7-8-3-4-10(16)9(14)6-8/h1,3-4,6-7,16H,5H2/b11-7+. The lowest BCUT2D eigenvalue weighted by Crippen LogP contribution is -2.28. The van der Waals surface area contributed by atoms with Gasteiger partial charge in [-0.25, -0.2) is 0 Å². The molecule has 0 radical (unpaired) electrons. The maximum Gasteiger partial charge on any atom is 0.294 e. The summed E-state index contributed by atoms with van der Waals surface area (Å²) in [5.74, 6) is 2.08. The van der Waals surface area contributed by atoms with Gasteiger partial charge in [-0.1, -0.05) is 12.0 Å². The molecule has 1 fully saturated rings. The molecule has 1 aromatic carbocycles. The number of amides is 2. The van der Waals surface area contributed by atoms with Gasteiger partial charge in [0.2, 0.25) is 0 Å². The summed E-state index contributed by atoms with van der Waals surface area (Å²) in [6.45, 7) is -0.0187. The van der Waals surface area contributed by atoms with Crippen LogP contribution >= 0.6 is 34.4 Å². The minimum atomic E-state index is -0.379. The van der Waals surface area contributed by atoms with E-state index >= 15 is 0 Å². The Labute approximate surface area is 128 Å². The van der Waals surface area contributed by atoms with Crippen LogP contribution in [-0.2, 0) is 4.79 Å². The maximum atomic E-state index is 11.9. The zero-order chi connectivity index (χ0) is 14.0. The Bertz CT molecular complexity index is 633. The number of hydrogen-bond donors (Lipinski definition) is 1. The van der Waals surface area contributed by atoms with Crippen LogP contribution in [0.5, 0.6) is 5.75 Å². The third-order valence-corrected chi connectivity index (χ3v) is 4.16. The van der Waals surface area contributed by atoms with Crippen LogP contribution < -0.4 is 0 Å². The number of rotatable bonds is 2. The molecule has 2 amide bonds. The monoisotopic (exact) mass is 385 g/mol. The average Bonchev–Trinajstić information content (AvgIpc) is 2.62. The Morgan fingerprint density at radius 2 is 2.21 bits per heavy atom. The van der Waals surface area contributed by atoms with Gasteiger partial charge in [0, 0.05) is 0 Å². The van der Waals surface area contributed by atoms with E-state index in [-0.39, 0.29) is 23.4 Å². The lowest BCUT2D eigenvalue weighted by Gasteiger charge is -2.06. The number of phenolic OH excluding ortho intramolecular Hbond substituents is 1. The smallest absolute Gasteiger partial charge is 0.294 e. The van der Waals surface area contributed by atoms with Gasteiger partial charge in [-0.05, 0) is 58.1 Å².